The summed E-state index contributed by atoms with van der Waals surface area (Å²) in [5.74, 6) is -1.15. The molecule has 1 aliphatic rings. The van der Waals surface area contributed by atoms with E-state index in [0.717, 1.165) is 4.90 Å². The zero-order chi connectivity index (χ0) is 12.5. The van der Waals surface area contributed by atoms with Crippen LogP contribution in [0.1, 0.15) is 6.92 Å². The van der Waals surface area contributed by atoms with Crippen LogP contribution in [0.3, 0.4) is 0 Å². The molecule has 16 heavy (non-hydrogen) atoms. The van der Waals surface area contributed by atoms with Gasteiger partial charge in [0, 0.05) is 14.1 Å². The van der Waals surface area contributed by atoms with Crippen LogP contribution in [-0.2, 0) is 19.6 Å². The van der Waals surface area contributed by atoms with Crippen molar-refractivity contribution in [1.82, 2.24) is 4.90 Å². The molecular weight excluding hydrogens is 234 g/mol. The smallest absolute Gasteiger partial charge is 0.293 e. The molecule has 1 rings (SSSR count). The summed E-state index contributed by atoms with van der Waals surface area (Å²) in [5, 5.41) is 0. The molecule has 0 unspecified atom stereocenters. The van der Waals surface area contributed by atoms with Crippen molar-refractivity contribution in [3.63, 3.8) is 0 Å². The van der Waals surface area contributed by atoms with Gasteiger partial charge in [-0.1, -0.05) is 0 Å². The lowest BCUT2D eigenvalue weighted by Gasteiger charge is -2.11. The van der Waals surface area contributed by atoms with Crippen molar-refractivity contribution in [1.29, 1.82) is 0 Å². The maximum absolute atomic E-state index is 11.7. The van der Waals surface area contributed by atoms with Gasteiger partial charge in [-0.05, 0) is 6.92 Å². The van der Waals surface area contributed by atoms with Crippen LogP contribution >= 0.6 is 0 Å². The Morgan fingerprint density at radius 1 is 1.50 bits per heavy atom. The first-order valence-corrected chi connectivity index (χ1v) is 5.94. The maximum atomic E-state index is 11.7. The van der Waals surface area contributed by atoms with E-state index < -0.39 is 20.8 Å². The molecule has 0 atom stereocenters. The first-order chi connectivity index (χ1) is 7.31. The van der Waals surface area contributed by atoms with Crippen molar-refractivity contribution in [3.05, 3.63) is 10.7 Å². The van der Waals surface area contributed by atoms with E-state index in [0.29, 0.717) is 0 Å². The number of sulfonamides is 1. The Labute approximate surface area is 93.6 Å². The van der Waals surface area contributed by atoms with Crippen LogP contribution in [0.25, 0.3) is 0 Å². The molecule has 7 nitrogen and oxygen atoms in total. The Hall–Kier alpha value is -1.57. The van der Waals surface area contributed by atoms with E-state index in [2.05, 4.69) is 4.40 Å². The molecule has 1 amide bonds. The fourth-order valence-corrected chi connectivity index (χ4v) is 2.38. The normalized spacial score (nSPS) is 18.3. The van der Waals surface area contributed by atoms with Gasteiger partial charge < -0.3 is 15.4 Å². The standard InChI is InChI=1S/C8H13N3O4S/c1-4-15-5-6(8(12)11(2)3)16(13,14)10-7(5)9/h4H2,1-3H3,(H2,9,10). The fraction of sp³-hybridized carbons (Fsp3) is 0.500. The molecule has 1 heterocycles. The molecule has 0 aromatic rings. The monoisotopic (exact) mass is 247 g/mol. The van der Waals surface area contributed by atoms with E-state index in [1.54, 1.807) is 6.92 Å². The van der Waals surface area contributed by atoms with E-state index in [9.17, 15) is 13.2 Å². The number of likely N-dealkylation sites (N-methyl/N-ethyl adjacent to an activating group) is 1. The van der Waals surface area contributed by atoms with Gasteiger partial charge in [0.1, 0.15) is 0 Å². The minimum atomic E-state index is -4.03. The van der Waals surface area contributed by atoms with Crippen LogP contribution in [0.4, 0.5) is 0 Å². The Kier molecular flexibility index (Phi) is 3.22. The topological polar surface area (TPSA) is 102 Å². The number of nitrogens with two attached hydrogens (primary N) is 1. The lowest BCUT2D eigenvalue weighted by atomic mass is 10.4. The summed E-state index contributed by atoms with van der Waals surface area (Å²) in [6, 6.07) is 0. The number of hydrogen-bond acceptors (Lipinski definition) is 5. The SMILES string of the molecule is CCOC1=C(C(=O)N(C)C)S(=O)(=O)N=C1N. The molecule has 0 aliphatic carbocycles. The Bertz CT molecular complexity index is 476. The Morgan fingerprint density at radius 3 is 2.50 bits per heavy atom. The second kappa shape index (κ2) is 4.12. The van der Waals surface area contributed by atoms with Gasteiger partial charge in [-0.25, -0.2) is 0 Å². The number of nitrogens with zero attached hydrogens (tertiary/aromatic N) is 2. The highest BCUT2D eigenvalue weighted by Crippen LogP contribution is 2.24. The highest BCUT2D eigenvalue weighted by Gasteiger charge is 2.38. The van der Waals surface area contributed by atoms with E-state index in [1.165, 1.54) is 14.1 Å². The van der Waals surface area contributed by atoms with Gasteiger partial charge >= 0.3 is 0 Å². The molecule has 0 radical (unpaired) electrons. The number of amides is 1. The van der Waals surface area contributed by atoms with Crippen LogP contribution in [0.15, 0.2) is 15.1 Å². The van der Waals surface area contributed by atoms with Crippen LogP contribution in [-0.4, -0.2) is 45.8 Å². The first-order valence-electron chi connectivity index (χ1n) is 4.50. The van der Waals surface area contributed by atoms with Gasteiger partial charge in [-0.2, -0.15) is 8.42 Å². The predicted molar refractivity (Wildman–Crippen MR) is 57.9 cm³/mol. The van der Waals surface area contributed by atoms with E-state index in [1.807, 2.05) is 0 Å². The molecule has 2 N–H and O–H groups in total. The fourth-order valence-electron chi connectivity index (χ4n) is 1.14. The molecule has 0 saturated carbocycles. The summed E-state index contributed by atoms with van der Waals surface area (Å²) in [5.41, 5.74) is 5.39. The molecule has 0 bridgehead atoms. The lowest BCUT2D eigenvalue weighted by Crippen LogP contribution is -2.27. The molecule has 1 aliphatic heterocycles. The van der Waals surface area contributed by atoms with Gasteiger partial charge in [0.15, 0.2) is 16.5 Å². The van der Waals surface area contributed by atoms with Gasteiger partial charge in [0.2, 0.25) is 0 Å². The summed E-state index contributed by atoms with van der Waals surface area (Å²) in [4.78, 5) is 12.3. The van der Waals surface area contributed by atoms with Crippen molar-refractivity contribution >= 4 is 21.8 Å². The first kappa shape index (κ1) is 12.5. The predicted octanol–water partition coefficient (Wildman–Crippen LogP) is -0.977. The summed E-state index contributed by atoms with van der Waals surface area (Å²) in [7, 11) is -1.16. The lowest BCUT2D eigenvalue weighted by molar-refractivity contribution is -0.124. The number of carbonyl (C=O) groups is 1. The third kappa shape index (κ3) is 2.01. The molecule has 0 aromatic heterocycles. The second-order valence-electron chi connectivity index (χ2n) is 3.24. The van der Waals surface area contributed by atoms with Crippen molar-refractivity contribution in [2.24, 2.45) is 10.1 Å². The molecular formula is C8H13N3O4S. The Balaban J connectivity index is 3.34. The number of carbonyl (C=O) groups excluding carboxylic acids is 1. The number of rotatable bonds is 3. The van der Waals surface area contributed by atoms with Crippen LogP contribution in [0.5, 0.6) is 0 Å². The molecule has 90 valence electrons. The van der Waals surface area contributed by atoms with Crippen molar-refractivity contribution in [2.75, 3.05) is 20.7 Å². The maximum Gasteiger partial charge on any atom is 0.293 e. The average molecular weight is 247 g/mol. The summed E-state index contributed by atoms with van der Waals surface area (Å²) in [6.07, 6.45) is 0. The summed E-state index contributed by atoms with van der Waals surface area (Å²) in [6.45, 7) is 1.86. The highest BCUT2D eigenvalue weighted by atomic mass is 32.2. The quantitative estimate of drug-likeness (QED) is 0.690. The van der Waals surface area contributed by atoms with Gasteiger partial charge in [0.05, 0.1) is 6.61 Å². The highest BCUT2D eigenvalue weighted by molar-refractivity contribution is 7.95. The van der Waals surface area contributed by atoms with Gasteiger partial charge in [-0.3, -0.25) is 4.79 Å². The zero-order valence-corrected chi connectivity index (χ0v) is 10.0. The Morgan fingerprint density at radius 2 is 2.06 bits per heavy atom. The van der Waals surface area contributed by atoms with Crippen molar-refractivity contribution < 1.29 is 17.9 Å². The number of hydrogen-bond donors (Lipinski definition) is 1. The van der Waals surface area contributed by atoms with E-state index in [-0.39, 0.29) is 18.2 Å². The van der Waals surface area contributed by atoms with Crippen molar-refractivity contribution in [3.8, 4) is 0 Å². The molecule has 0 saturated heterocycles. The summed E-state index contributed by atoms with van der Waals surface area (Å²) < 4.78 is 31.4. The minimum absolute atomic E-state index is 0.166. The van der Waals surface area contributed by atoms with E-state index >= 15 is 0 Å². The number of amidine groups is 1. The van der Waals surface area contributed by atoms with Crippen LogP contribution in [0.2, 0.25) is 0 Å². The van der Waals surface area contributed by atoms with E-state index in [4.69, 9.17) is 10.5 Å². The molecule has 8 heteroatoms. The minimum Gasteiger partial charge on any atom is -0.488 e. The molecule has 0 aromatic carbocycles. The van der Waals surface area contributed by atoms with Gasteiger partial charge in [0.25, 0.3) is 15.9 Å². The second-order valence-corrected chi connectivity index (χ2v) is 4.78. The summed E-state index contributed by atoms with van der Waals surface area (Å²) >= 11 is 0. The zero-order valence-electron chi connectivity index (χ0n) is 9.22. The van der Waals surface area contributed by atoms with Crippen LogP contribution in [0, 0.1) is 0 Å². The largest absolute Gasteiger partial charge is 0.488 e. The third-order valence-electron chi connectivity index (χ3n) is 1.80. The number of ether oxygens (including phenoxy) is 1. The third-order valence-corrected chi connectivity index (χ3v) is 3.12. The van der Waals surface area contributed by atoms with Crippen LogP contribution < -0.4 is 5.73 Å². The molecule has 0 fully saturated rings. The molecule has 0 spiro atoms. The average Bonchev–Trinajstić information content (AvgIpc) is 2.36. The van der Waals surface area contributed by atoms with Gasteiger partial charge in [-0.15, -0.1) is 4.40 Å². The van der Waals surface area contributed by atoms with Crippen molar-refractivity contribution in [2.45, 2.75) is 6.92 Å².